The summed E-state index contributed by atoms with van der Waals surface area (Å²) in [7, 11) is 3.12. The van der Waals surface area contributed by atoms with Gasteiger partial charge in [0.2, 0.25) is 0 Å². The fourth-order valence-electron chi connectivity index (χ4n) is 1.78. The second kappa shape index (κ2) is 7.01. The Morgan fingerprint density at radius 3 is 2.50 bits per heavy atom. The van der Waals surface area contributed by atoms with Crippen LogP contribution in [0, 0.1) is 0 Å². The molecule has 18 heavy (non-hydrogen) atoms. The zero-order chi connectivity index (χ0) is 13.5. The molecule has 4 heteroatoms. The Hall–Kier alpha value is -1.55. The van der Waals surface area contributed by atoms with Gasteiger partial charge in [0.25, 0.3) is 0 Å². The van der Waals surface area contributed by atoms with E-state index in [1.54, 1.807) is 20.3 Å². The average molecular weight is 252 g/mol. The number of hydrogen-bond donors (Lipinski definition) is 0. The lowest BCUT2D eigenvalue weighted by Crippen LogP contribution is -2.15. The molecule has 1 rings (SSSR count). The summed E-state index contributed by atoms with van der Waals surface area (Å²) >= 11 is 0. The van der Waals surface area contributed by atoms with Crippen LogP contribution in [0.1, 0.15) is 31.9 Å². The molecule has 0 bridgehead atoms. The maximum absolute atomic E-state index is 11.7. The Kier molecular flexibility index (Phi) is 5.65. The lowest BCUT2D eigenvalue weighted by molar-refractivity contribution is -0.128. The van der Waals surface area contributed by atoms with Gasteiger partial charge in [-0.25, -0.2) is 0 Å². The number of ether oxygens (including phenoxy) is 3. The molecule has 0 radical (unpaired) electrons. The first-order valence-electron chi connectivity index (χ1n) is 5.98. The molecule has 1 unspecified atom stereocenters. The minimum atomic E-state index is -0.602. The summed E-state index contributed by atoms with van der Waals surface area (Å²) in [4.78, 5) is 11.7. The summed E-state index contributed by atoms with van der Waals surface area (Å²) in [6, 6.07) is 5.43. The Balaban J connectivity index is 3.14. The number of benzene rings is 1. The largest absolute Gasteiger partial charge is 0.493 e. The molecule has 0 aliphatic carbocycles. The van der Waals surface area contributed by atoms with Crippen molar-refractivity contribution < 1.29 is 19.0 Å². The number of para-hydroxylation sites is 1. The molecule has 1 aromatic carbocycles. The van der Waals surface area contributed by atoms with E-state index in [1.165, 1.54) is 6.92 Å². The van der Waals surface area contributed by atoms with E-state index in [-0.39, 0.29) is 5.78 Å². The number of hydrogen-bond acceptors (Lipinski definition) is 4. The maximum Gasteiger partial charge on any atom is 0.166 e. The number of carbonyl (C=O) groups excluding carboxylic acids is 1. The van der Waals surface area contributed by atoms with Gasteiger partial charge >= 0.3 is 0 Å². The fourth-order valence-corrected chi connectivity index (χ4v) is 1.78. The van der Waals surface area contributed by atoms with E-state index in [1.807, 2.05) is 19.1 Å². The van der Waals surface area contributed by atoms with Crippen LogP contribution in [-0.2, 0) is 9.53 Å². The number of ketones is 1. The smallest absolute Gasteiger partial charge is 0.166 e. The summed E-state index contributed by atoms with van der Waals surface area (Å²) in [5.74, 6) is 1.10. The van der Waals surface area contributed by atoms with E-state index >= 15 is 0 Å². The molecular weight excluding hydrogens is 232 g/mol. The molecular formula is C14H20O4. The van der Waals surface area contributed by atoms with Crippen LogP contribution in [-0.4, -0.2) is 26.6 Å². The van der Waals surface area contributed by atoms with E-state index in [9.17, 15) is 4.79 Å². The molecule has 0 amide bonds. The Labute approximate surface area is 108 Å². The van der Waals surface area contributed by atoms with E-state index in [2.05, 4.69) is 0 Å². The highest BCUT2D eigenvalue weighted by atomic mass is 16.5. The minimum absolute atomic E-state index is 0.0463. The zero-order valence-corrected chi connectivity index (χ0v) is 11.4. The molecule has 0 N–H and O–H groups in total. The summed E-state index contributed by atoms with van der Waals surface area (Å²) in [5.41, 5.74) is 0.706. The standard InChI is InChI=1S/C14H20O4/c1-5-9-18-13(10(2)15)11-7-6-8-12(16-3)14(11)17-4/h6-8,13H,5,9H2,1-4H3. The molecule has 1 aromatic rings. The van der Waals surface area contributed by atoms with E-state index < -0.39 is 6.10 Å². The summed E-state index contributed by atoms with van der Waals surface area (Å²) in [5, 5.41) is 0. The van der Waals surface area contributed by atoms with Gasteiger partial charge in [-0.1, -0.05) is 19.1 Å². The first kappa shape index (κ1) is 14.5. The van der Waals surface area contributed by atoms with Crippen molar-refractivity contribution in [2.24, 2.45) is 0 Å². The van der Waals surface area contributed by atoms with Crippen molar-refractivity contribution in [1.82, 2.24) is 0 Å². The van der Waals surface area contributed by atoms with Gasteiger partial charge < -0.3 is 14.2 Å². The molecule has 100 valence electrons. The number of rotatable bonds is 7. The Morgan fingerprint density at radius 1 is 1.28 bits per heavy atom. The maximum atomic E-state index is 11.7. The van der Waals surface area contributed by atoms with Crippen molar-refractivity contribution in [2.75, 3.05) is 20.8 Å². The predicted molar refractivity (Wildman–Crippen MR) is 69.2 cm³/mol. The van der Waals surface area contributed by atoms with Gasteiger partial charge in [-0.2, -0.15) is 0 Å². The third-order valence-corrected chi connectivity index (χ3v) is 2.57. The molecule has 0 saturated heterocycles. The van der Waals surface area contributed by atoms with Gasteiger partial charge in [0.1, 0.15) is 6.10 Å². The van der Waals surface area contributed by atoms with Crippen molar-refractivity contribution in [3.8, 4) is 11.5 Å². The van der Waals surface area contributed by atoms with Crippen molar-refractivity contribution in [3.05, 3.63) is 23.8 Å². The summed E-state index contributed by atoms with van der Waals surface area (Å²) in [6.07, 6.45) is 0.255. The van der Waals surface area contributed by atoms with Gasteiger partial charge in [-0.15, -0.1) is 0 Å². The number of carbonyl (C=O) groups is 1. The lowest BCUT2D eigenvalue weighted by atomic mass is 10.0. The minimum Gasteiger partial charge on any atom is -0.493 e. The molecule has 0 spiro atoms. The van der Waals surface area contributed by atoms with Gasteiger partial charge in [0.05, 0.1) is 14.2 Å². The molecule has 0 aliphatic heterocycles. The topological polar surface area (TPSA) is 44.8 Å². The second-order valence-corrected chi connectivity index (χ2v) is 3.94. The van der Waals surface area contributed by atoms with E-state index in [4.69, 9.17) is 14.2 Å². The second-order valence-electron chi connectivity index (χ2n) is 3.94. The van der Waals surface area contributed by atoms with Crippen LogP contribution in [0.4, 0.5) is 0 Å². The lowest BCUT2D eigenvalue weighted by Gasteiger charge is -2.19. The Morgan fingerprint density at radius 2 is 2.00 bits per heavy atom. The molecule has 0 heterocycles. The number of Topliss-reactive ketones (excluding diaryl/α,β-unsaturated/α-hetero) is 1. The molecule has 0 aliphatic rings. The van der Waals surface area contributed by atoms with Crippen LogP contribution >= 0.6 is 0 Å². The first-order valence-corrected chi connectivity index (χ1v) is 5.98. The fraction of sp³-hybridized carbons (Fsp3) is 0.500. The summed E-state index contributed by atoms with van der Waals surface area (Å²) in [6.45, 7) is 4.05. The summed E-state index contributed by atoms with van der Waals surface area (Å²) < 4.78 is 16.1. The highest BCUT2D eigenvalue weighted by molar-refractivity contribution is 5.83. The molecule has 0 saturated carbocycles. The van der Waals surface area contributed by atoms with Crippen LogP contribution in [0.15, 0.2) is 18.2 Å². The van der Waals surface area contributed by atoms with E-state index in [0.29, 0.717) is 23.7 Å². The third kappa shape index (κ3) is 3.23. The highest BCUT2D eigenvalue weighted by Gasteiger charge is 2.23. The normalized spacial score (nSPS) is 12.0. The van der Waals surface area contributed by atoms with Crippen LogP contribution in [0.25, 0.3) is 0 Å². The monoisotopic (exact) mass is 252 g/mol. The quantitative estimate of drug-likeness (QED) is 0.748. The van der Waals surface area contributed by atoms with Crippen molar-refractivity contribution in [3.63, 3.8) is 0 Å². The van der Waals surface area contributed by atoms with E-state index in [0.717, 1.165) is 6.42 Å². The average Bonchev–Trinajstić information content (AvgIpc) is 2.38. The van der Waals surface area contributed by atoms with Crippen LogP contribution < -0.4 is 9.47 Å². The van der Waals surface area contributed by atoms with Crippen LogP contribution in [0.5, 0.6) is 11.5 Å². The third-order valence-electron chi connectivity index (χ3n) is 2.57. The molecule has 4 nitrogen and oxygen atoms in total. The van der Waals surface area contributed by atoms with Gasteiger partial charge in [-0.05, 0) is 19.4 Å². The van der Waals surface area contributed by atoms with Crippen molar-refractivity contribution in [1.29, 1.82) is 0 Å². The van der Waals surface area contributed by atoms with Crippen molar-refractivity contribution >= 4 is 5.78 Å². The molecule has 0 aromatic heterocycles. The first-order chi connectivity index (χ1) is 8.65. The van der Waals surface area contributed by atoms with Gasteiger partial charge in [0.15, 0.2) is 17.3 Å². The SMILES string of the molecule is CCCOC(C(C)=O)c1cccc(OC)c1OC. The van der Waals surface area contributed by atoms with Crippen molar-refractivity contribution in [2.45, 2.75) is 26.4 Å². The van der Waals surface area contributed by atoms with Crippen LogP contribution in [0.3, 0.4) is 0 Å². The predicted octanol–water partition coefficient (Wildman–Crippen LogP) is 2.76. The zero-order valence-electron chi connectivity index (χ0n) is 11.4. The van der Waals surface area contributed by atoms with Gasteiger partial charge in [0, 0.05) is 12.2 Å². The molecule has 0 fully saturated rings. The molecule has 1 atom stereocenters. The number of methoxy groups -OCH3 is 2. The Bertz CT molecular complexity index is 401. The van der Waals surface area contributed by atoms with Crippen LogP contribution in [0.2, 0.25) is 0 Å². The highest BCUT2D eigenvalue weighted by Crippen LogP contribution is 2.36. The van der Waals surface area contributed by atoms with Gasteiger partial charge in [-0.3, -0.25) is 4.79 Å².